The van der Waals surface area contributed by atoms with E-state index in [1.54, 1.807) is 6.07 Å². The number of terminal acetylenes is 1. The molecule has 0 unspecified atom stereocenters. The minimum atomic E-state index is -0.297. The summed E-state index contributed by atoms with van der Waals surface area (Å²) >= 11 is 0. The molecule has 0 N–H and O–H groups in total. The Morgan fingerprint density at radius 3 is 2.83 bits per heavy atom. The predicted molar refractivity (Wildman–Crippen MR) is 67.3 cm³/mol. The highest BCUT2D eigenvalue weighted by Gasteiger charge is 2.08. The number of para-hydroxylation sites is 1. The van der Waals surface area contributed by atoms with Crippen LogP contribution in [0, 0.1) is 12.3 Å². The van der Waals surface area contributed by atoms with Crippen LogP contribution in [-0.2, 0) is 20.7 Å². The van der Waals surface area contributed by atoms with E-state index in [-0.39, 0.29) is 19.0 Å². The van der Waals surface area contributed by atoms with Gasteiger partial charge < -0.3 is 14.2 Å². The van der Waals surface area contributed by atoms with E-state index in [4.69, 9.17) is 15.9 Å². The second-order valence-electron chi connectivity index (χ2n) is 3.47. The van der Waals surface area contributed by atoms with Crippen molar-refractivity contribution < 1.29 is 19.0 Å². The Morgan fingerprint density at radius 1 is 1.33 bits per heavy atom. The van der Waals surface area contributed by atoms with Gasteiger partial charge in [0.25, 0.3) is 0 Å². The Labute approximate surface area is 107 Å². The van der Waals surface area contributed by atoms with E-state index in [9.17, 15) is 4.79 Å². The molecule has 0 saturated heterocycles. The lowest BCUT2D eigenvalue weighted by molar-refractivity contribution is -0.139. The molecule has 1 aromatic carbocycles. The molecule has 0 bridgehead atoms. The molecule has 0 radical (unpaired) electrons. The molecule has 18 heavy (non-hydrogen) atoms. The van der Waals surface area contributed by atoms with Crippen molar-refractivity contribution in [1.82, 2.24) is 0 Å². The molecule has 96 valence electrons. The van der Waals surface area contributed by atoms with Gasteiger partial charge in [-0.25, -0.2) is 0 Å². The van der Waals surface area contributed by atoms with Crippen LogP contribution in [0.25, 0.3) is 0 Å². The fourth-order valence-corrected chi connectivity index (χ4v) is 1.36. The largest absolute Gasteiger partial charge is 0.491 e. The van der Waals surface area contributed by atoms with Crippen LogP contribution in [0.2, 0.25) is 0 Å². The molecule has 0 amide bonds. The van der Waals surface area contributed by atoms with Gasteiger partial charge in [-0.3, -0.25) is 4.79 Å². The van der Waals surface area contributed by atoms with Gasteiger partial charge in [0.15, 0.2) is 0 Å². The number of carbonyl (C=O) groups excluding carboxylic acids is 1. The normalized spacial score (nSPS) is 9.56. The van der Waals surface area contributed by atoms with Gasteiger partial charge >= 0.3 is 5.97 Å². The van der Waals surface area contributed by atoms with Crippen molar-refractivity contribution in [2.75, 3.05) is 26.9 Å². The minimum Gasteiger partial charge on any atom is -0.491 e. The Hall–Kier alpha value is -1.99. The number of esters is 1. The lowest BCUT2D eigenvalue weighted by Gasteiger charge is -2.10. The molecule has 1 rings (SSSR count). The molecule has 4 nitrogen and oxygen atoms in total. The number of carbonyl (C=O) groups is 1. The quantitative estimate of drug-likeness (QED) is 0.416. The number of benzene rings is 1. The van der Waals surface area contributed by atoms with Gasteiger partial charge in [0.05, 0.1) is 20.1 Å². The van der Waals surface area contributed by atoms with Crippen molar-refractivity contribution in [1.29, 1.82) is 0 Å². The van der Waals surface area contributed by atoms with E-state index in [1.165, 1.54) is 7.11 Å². The molecule has 0 aromatic heterocycles. The second kappa shape index (κ2) is 8.15. The van der Waals surface area contributed by atoms with Crippen LogP contribution < -0.4 is 4.74 Å². The molecule has 0 aliphatic carbocycles. The van der Waals surface area contributed by atoms with Crippen LogP contribution in [-0.4, -0.2) is 32.9 Å². The average molecular weight is 248 g/mol. The van der Waals surface area contributed by atoms with E-state index in [0.29, 0.717) is 19.0 Å². The van der Waals surface area contributed by atoms with Crippen molar-refractivity contribution in [2.24, 2.45) is 0 Å². The molecule has 0 spiro atoms. The molecular formula is C14H16O4. The molecule has 4 heteroatoms. The first-order chi connectivity index (χ1) is 8.77. The summed E-state index contributed by atoms with van der Waals surface area (Å²) in [7, 11) is 1.36. The molecular weight excluding hydrogens is 232 g/mol. The maximum Gasteiger partial charge on any atom is 0.310 e. The van der Waals surface area contributed by atoms with Crippen LogP contribution in [0.3, 0.4) is 0 Å². The summed E-state index contributed by atoms with van der Waals surface area (Å²) in [6, 6.07) is 7.33. The lowest BCUT2D eigenvalue weighted by atomic mass is 10.1. The van der Waals surface area contributed by atoms with E-state index < -0.39 is 0 Å². The monoisotopic (exact) mass is 248 g/mol. The highest BCUT2D eigenvalue weighted by molar-refractivity contribution is 5.73. The van der Waals surface area contributed by atoms with Crippen LogP contribution in [0.4, 0.5) is 0 Å². The fraction of sp³-hybridized carbons (Fsp3) is 0.357. The van der Waals surface area contributed by atoms with Crippen molar-refractivity contribution in [3.63, 3.8) is 0 Å². The minimum absolute atomic E-state index is 0.192. The Bertz CT molecular complexity index is 420. The van der Waals surface area contributed by atoms with E-state index in [2.05, 4.69) is 10.7 Å². The second-order valence-corrected chi connectivity index (χ2v) is 3.47. The Morgan fingerprint density at radius 2 is 2.11 bits per heavy atom. The lowest BCUT2D eigenvalue weighted by Crippen LogP contribution is -2.10. The van der Waals surface area contributed by atoms with Gasteiger partial charge in [0.1, 0.15) is 19.0 Å². The number of ether oxygens (including phenoxy) is 3. The number of hydrogen-bond donors (Lipinski definition) is 0. The molecule has 0 atom stereocenters. The Kier molecular flexibility index (Phi) is 6.37. The van der Waals surface area contributed by atoms with Gasteiger partial charge in [0.2, 0.25) is 0 Å². The van der Waals surface area contributed by atoms with E-state index in [0.717, 1.165) is 5.56 Å². The standard InChI is InChI=1S/C14H16O4/c1-3-8-17-9-10-18-13-7-5-4-6-12(13)11-14(15)16-2/h1,4-7H,8-11H2,2H3. The van der Waals surface area contributed by atoms with Crippen LogP contribution >= 0.6 is 0 Å². The number of rotatable bonds is 7. The molecule has 1 aromatic rings. The van der Waals surface area contributed by atoms with Crippen molar-refractivity contribution in [3.8, 4) is 18.1 Å². The molecule has 0 saturated carbocycles. The molecule has 0 aliphatic heterocycles. The number of hydrogen-bond acceptors (Lipinski definition) is 4. The third-order valence-electron chi connectivity index (χ3n) is 2.21. The maximum absolute atomic E-state index is 11.2. The summed E-state index contributed by atoms with van der Waals surface area (Å²) in [5.74, 6) is 2.74. The molecule has 0 heterocycles. The van der Waals surface area contributed by atoms with Gasteiger partial charge in [-0.1, -0.05) is 24.1 Å². The average Bonchev–Trinajstić information content (AvgIpc) is 2.40. The topological polar surface area (TPSA) is 44.8 Å². The molecule has 0 fully saturated rings. The summed E-state index contributed by atoms with van der Waals surface area (Å²) in [4.78, 5) is 11.2. The third kappa shape index (κ3) is 4.89. The summed E-state index contributed by atoms with van der Waals surface area (Å²) in [5, 5.41) is 0. The van der Waals surface area contributed by atoms with Gasteiger partial charge in [-0.05, 0) is 6.07 Å². The molecule has 0 aliphatic rings. The van der Waals surface area contributed by atoms with Gasteiger partial charge in [0, 0.05) is 5.56 Å². The van der Waals surface area contributed by atoms with E-state index in [1.807, 2.05) is 18.2 Å². The maximum atomic E-state index is 11.2. The van der Waals surface area contributed by atoms with Crippen molar-refractivity contribution in [2.45, 2.75) is 6.42 Å². The predicted octanol–water partition coefficient (Wildman–Crippen LogP) is 1.43. The van der Waals surface area contributed by atoms with E-state index >= 15 is 0 Å². The summed E-state index contributed by atoms with van der Waals surface area (Å²) in [6.07, 6.45) is 5.24. The van der Waals surface area contributed by atoms with Crippen LogP contribution in [0.1, 0.15) is 5.56 Å². The first-order valence-corrected chi connectivity index (χ1v) is 5.56. The zero-order valence-corrected chi connectivity index (χ0v) is 10.3. The smallest absolute Gasteiger partial charge is 0.310 e. The highest BCUT2D eigenvalue weighted by atomic mass is 16.5. The summed E-state index contributed by atoms with van der Waals surface area (Å²) in [6.45, 7) is 1.07. The zero-order valence-electron chi connectivity index (χ0n) is 10.3. The third-order valence-corrected chi connectivity index (χ3v) is 2.21. The summed E-state index contributed by atoms with van der Waals surface area (Å²) in [5.41, 5.74) is 0.793. The SMILES string of the molecule is C#CCOCCOc1ccccc1CC(=O)OC. The zero-order chi connectivity index (χ0) is 13.2. The first kappa shape index (κ1) is 14.1. The fourth-order valence-electron chi connectivity index (χ4n) is 1.36. The van der Waals surface area contributed by atoms with Gasteiger partial charge in [-0.2, -0.15) is 0 Å². The summed E-state index contributed by atoms with van der Waals surface area (Å²) < 4.78 is 15.2. The van der Waals surface area contributed by atoms with Crippen LogP contribution in [0.5, 0.6) is 5.75 Å². The van der Waals surface area contributed by atoms with Crippen molar-refractivity contribution >= 4 is 5.97 Å². The van der Waals surface area contributed by atoms with Crippen LogP contribution in [0.15, 0.2) is 24.3 Å². The van der Waals surface area contributed by atoms with Gasteiger partial charge in [-0.15, -0.1) is 6.42 Å². The van der Waals surface area contributed by atoms with Crippen molar-refractivity contribution in [3.05, 3.63) is 29.8 Å². The first-order valence-electron chi connectivity index (χ1n) is 5.56. The highest BCUT2D eigenvalue weighted by Crippen LogP contribution is 2.18. The Balaban J connectivity index is 2.49. The number of methoxy groups -OCH3 is 1.